The fraction of sp³-hybridized carbons (Fsp3) is 0.125. The zero-order valence-corrected chi connectivity index (χ0v) is 10.0. The fourth-order valence-electron chi connectivity index (χ4n) is 2.66. The van der Waals surface area contributed by atoms with Gasteiger partial charge in [0.25, 0.3) is 0 Å². The first-order valence-electron chi connectivity index (χ1n) is 5.93. The van der Waals surface area contributed by atoms with E-state index in [4.69, 9.17) is 0 Å². The first kappa shape index (κ1) is 10.9. The Balaban J connectivity index is 2.33. The molecule has 0 spiro atoms. The average molecular weight is 236 g/mol. The number of ketones is 2. The van der Waals surface area contributed by atoms with Crippen molar-refractivity contribution in [2.24, 2.45) is 0 Å². The minimum absolute atomic E-state index is 0.0127. The van der Waals surface area contributed by atoms with Crippen LogP contribution < -0.4 is 0 Å². The van der Waals surface area contributed by atoms with Crippen LogP contribution in [0.4, 0.5) is 0 Å². The Bertz CT molecular complexity index is 606. The molecule has 0 amide bonds. The largest absolute Gasteiger partial charge is 0.299 e. The summed E-state index contributed by atoms with van der Waals surface area (Å²) in [6.45, 7) is 1.58. The Kier molecular flexibility index (Phi) is 2.37. The number of fused-ring (bicyclic) bond motifs is 2. The van der Waals surface area contributed by atoms with Crippen molar-refractivity contribution < 1.29 is 9.59 Å². The van der Waals surface area contributed by atoms with Crippen molar-refractivity contribution in [1.29, 1.82) is 0 Å². The highest BCUT2D eigenvalue weighted by atomic mass is 16.1. The molecule has 18 heavy (non-hydrogen) atoms. The molecule has 0 atom stereocenters. The molecule has 1 aliphatic carbocycles. The van der Waals surface area contributed by atoms with Crippen LogP contribution in [0.2, 0.25) is 0 Å². The molecule has 0 heterocycles. The highest BCUT2D eigenvalue weighted by molar-refractivity contribution is 6.15. The predicted octanol–water partition coefficient (Wildman–Crippen LogP) is 2.95. The lowest BCUT2D eigenvalue weighted by Gasteiger charge is -2.25. The van der Waals surface area contributed by atoms with Gasteiger partial charge in [0, 0.05) is 11.1 Å². The fourth-order valence-corrected chi connectivity index (χ4v) is 2.66. The molecule has 0 bridgehead atoms. The van der Waals surface area contributed by atoms with Gasteiger partial charge in [0.1, 0.15) is 5.78 Å². The molecule has 0 aliphatic heterocycles. The van der Waals surface area contributed by atoms with Gasteiger partial charge >= 0.3 is 0 Å². The monoisotopic (exact) mass is 236 g/mol. The van der Waals surface area contributed by atoms with E-state index in [1.165, 1.54) is 0 Å². The van der Waals surface area contributed by atoms with Gasteiger partial charge < -0.3 is 0 Å². The molecular weight excluding hydrogens is 224 g/mol. The molecule has 2 heteroatoms. The van der Waals surface area contributed by atoms with Gasteiger partial charge in [0.2, 0.25) is 0 Å². The SMILES string of the molecule is CC(=O)C1c2ccccc2C(=O)c2ccccc21. The lowest BCUT2D eigenvalue weighted by atomic mass is 9.76. The third-order valence-electron chi connectivity index (χ3n) is 3.44. The van der Waals surface area contributed by atoms with Crippen LogP contribution >= 0.6 is 0 Å². The summed E-state index contributed by atoms with van der Waals surface area (Å²) in [7, 11) is 0. The number of hydrogen-bond acceptors (Lipinski definition) is 2. The second-order valence-electron chi connectivity index (χ2n) is 4.55. The van der Waals surface area contributed by atoms with Crippen LogP contribution in [0.1, 0.15) is 39.9 Å². The molecule has 0 aromatic heterocycles. The minimum atomic E-state index is -0.310. The van der Waals surface area contributed by atoms with Crippen molar-refractivity contribution >= 4 is 11.6 Å². The van der Waals surface area contributed by atoms with Crippen molar-refractivity contribution in [3.05, 3.63) is 70.8 Å². The molecule has 0 N–H and O–H groups in total. The Hall–Kier alpha value is -2.22. The van der Waals surface area contributed by atoms with Gasteiger partial charge in [-0.25, -0.2) is 0 Å². The third kappa shape index (κ3) is 1.42. The van der Waals surface area contributed by atoms with Gasteiger partial charge in [-0.15, -0.1) is 0 Å². The van der Waals surface area contributed by atoms with Gasteiger partial charge in [-0.3, -0.25) is 9.59 Å². The molecular formula is C16H12O2. The van der Waals surface area contributed by atoms with E-state index in [0.29, 0.717) is 11.1 Å². The van der Waals surface area contributed by atoms with Crippen LogP contribution in [-0.2, 0) is 4.79 Å². The maximum absolute atomic E-state index is 12.4. The van der Waals surface area contributed by atoms with Gasteiger partial charge in [-0.2, -0.15) is 0 Å². The molecule has 0 radical (unpaired) electrons. The Morgan fingerprint density at radius 1 is 0.889 bits per heavy atom. The van der Waals surface area contributed by atoms with Crippen molar-refractivity contribution in [2.45, 2.75) is 12.8 Å². The van der Waals surface area contributed by atoms with Crippen molar-refractivity contribution in [2.75, 3.05) is 0 Å². The summed E-state index contributed by atoms with van der Waals surface area (Å²) in [5.74, 6) is -0.226. The molecule has 2 nitrogen and oxygen atoms in total. The number of benzene rings is 2. The average Bonchev–Trinajstić information content (AvgIpc) is 2.39. The van der Waals surface area contributed by atoms with Gasteiger partial charge in [0.15, 0.2) is 5.78 Å². The van der Waals surface area contributed by atoms with Gasteiger partial charge in [-0.05, 0) is 18.1 Å². The van der Waals surface area contributed by atoms with E-state index in [1.54, 1.807) is 19.1 Å². The number of rotatable bonds is 1. The molecule has 2 aromatic rings. The standard InChI is InChI=1S/C16H12O2/c1-10(17)15-11-6-2-4-8-13(11)16(18)14-9-5-3-7-12(14)15/h2-9,15H,1H3. The summed E-state index contributed by atoms with van der Waals surface area (Å²) >= 11 is 0. The number of carbonyl (C=O) groups excluding carboxylic acids is 2. The first-order chi connectivity index (χ1) is 8.70. The van der Waals surface area contributed by atoms with E-state index in [-0.39, 0.29) is 17.5 Å². The molecule has 1 aliphatic rings. The second kappa shape index (κ2) is 3.91. The molecule has 0 unspecified atom stereocenters. The first-order valence-corrected chi connectivity index (χ1v) is 5.93. The zero-order valence-electron chi connectivity index (χ0n) is 10.0. The van der Waals surface area contributed by atoms with Crippen molar-refractivity contribution in [1.82, 2.24) is 0 Å². The van der Waals surface area contributed by atoms with E-state index in [2.05, 4.69) is 0 Å². The molecule has 2 aromatic carbocycles. The molecule has 0 saturated carbocycles. The predicted molar refractivity (Wildman–Crippen MR) is 68.8 cm³/mol. The molecule has 0 fully saturated rings. The number of carbonyl (C=O) groups is 2. The molecule has 3 rings (SSSR count). The summed E-state index contributed by atoms with van der Waals surface area (Å²) in [4.78, 5) is 24.3. The van der Waals surface area contributed by atoms with E-state index in [1.807, 2.05) is 36.4 Å². The highest BCUT2D eigenvalue weighted by Crippen LogP contribution is 2.36. The normalized spacial score (nSPS) is 13.9. The molecule has 88 valence electrons. The quantitative estimate of drug-likeness (QED) is 0.762. The Morgan fingerprint density at radius 3 is 1.78 bits per heavy atom. The topological polar surface area (TPSA) is 34.1 Å². The molecule has 0 saturated heterocycles. The maximum Gasteiger partial charge on any atom is 0.193 e. The highest BCUT2D eigenvalue weighted by Gasteiger charge is 2.32. The zero-order chi connectivity index (χ0) is 12.7. The lowest BCUT2D eigenvalue weighted by molar-refractivity contribution is -0.117. The lowest BCUT2D eigenvalue weighted by Crippen LogP contribution is -2.23. The van der Waals surface area contributed by atoms with E-state index in [9.17, 15) is 9.59 Å². The summed E-state index contributed by atoms with van der Waals surface area (Å²) in [6, 6.07) is 14.7. The van der Waals surface area contributed by atoms with Crippen LogP contribution in [-0.4, -0.2) is 11.6 Å². The van der Waals surface area contributed by atoms with Crippen molar-refractivity contribution in [3.8, 4) is 0 Å². The number of hydrogen-bond donors (Lipinski definition) is 0. The van der Waals surface area contributed by atoms with Crippen LogP contribution in [0.3, 0.4) is 0 Å². The van der Waals surface area contributed by atoms with Gasteiger partial charge in [0.05, 0.1) is 5.92 Å². The van der Waals surface area contributed by atoms with Gasteiger partial charge in [-0.1, -0.05) is 48.5 Å². The van der Waals surface area contributed by atoms with E-state index in [0.717, 1.165) is 11.1 Å². The number of Topliss-reactive ketones (excluding diaryl/α,β-unsaturated/α-hetero) is 1. The van der Waals surface area contributed by atoms with Crippen LogP contribution in [0.15, 0.2) is 48.5 Å². The Morgan fingerprint density at radius 2 is 1.33 bits per heavy atom. The van der Waals surface area contributed by atoms with Crippen molar-refractivity contribution in [3.63, 3.8) is 0 Å². The van der Waals surface area contributed by atoms with Crippen LogP contribution in [0.25, 0.3) is 0 Å². The van der Waals surface area contributed by atoms with Crippen LogP contribution in [0.5, 0.6) is 0 Å². The van der Waals surface area contributed by atoms with E-state index >= 15 is 0 Å². The summed E-state index contributed by atoms with van der Waals surface area (Å²) in [5.41, 5.74) is 2.95. The minimum Gasteiger partial charge on any atom is -0.299 e. The maximum atomic E-state index is 12.4. The third-order valence-corrected chi connectivity index (χ3v) is 3.44. The van der Waals surface area contributed by atoms with E-state index < -0.39 is 0 Å². The Labute approximate surface area is 105 Å². The summed E-state index contributed by atoms with van der Waals surface area (Å²) in [5, 5.41) is 0. The smallest absolute Gasteiger partial charge is 0.193 e. The summed E-state index contributed by atoms with van der Waals surface area (Å²) in [6.07, 6.45) is 0. The summed E-state index contributed by atoms with van der Waals surface area (Å²) < 4.78 is 0. The van der Waals surface area contributed by atoms with Crippen LogP contribution in [0, 0.1) is 0 Å². The second-order valence-corrected chi connectivity index (χ2v) is 4.55.